The summed E-state index contributed by atoms with van der Waals surface area (Å²) in [5.74, 6) is -0.463. The Morgan fingerprint density at radius 2 is 1.15 bits per heavy atom. The highest BCUT2D eigenvalue weighted by molar-refractivity contribution is 5.70. The van der Waals surface area contributed by atoms with Crippen LogP contribution in [0.3, 0.4) is 0 Å². The molecule has 2 N–H and O–H groups in total. The van der Waals surface area contributed by atoms with Crippen molar-refractivity contribution in [2.45, 2.75) is 33.1 Å². The zero-order valence-corrected chi connectivity index (χ0v) is 17.7. The van der Waals surface area contributed by atoms with Crippen molar-refractivity contribution in [2.24, 2.45) is 5.73 Å². The highest BCUT2D eigenvalue weighted by atomic mass is 16.5. The van der Waals surface area contributed by atoms with Crippen molar-refractivity contribution in [2.75, 3.05) is 79.7 Å². The van der Waals surface area contributed by atoms with E-state index in [1.165, 1.54) is 14.2 Å². The van der Waals surface area contributed by atoms with Gasteiger partial charge in [0.25, 0.3) is 0 Å². The number of likely N-dealkylation sites (N-methyl/N-ethyl adjacent to an activating group) is 2. The molecule has 8 nitrogen and oxygen atoms in total. The van der Waals surface area contributed by atoms with E-state index in [9.17, 15) is 9.59 Å². The molecule has 0 rings (SSSR count). The lowest BCUT2D eigenvalue weighted by Crippen LogP contribution is -2.39. The summed E-state index contributed by atoms with van der Waals surface area (Å²) in [5.41, 5.74) is 5.64. The maximum atomic E-state index is 11.4. The summed E-state index contributed by atoms with van der Waals surface area (Å²) in [7, 11) is 2.79. The quantitative estimate of drug-likeness (QED) is 0.359. The summed E-state index contributed by atoms with van der Waals surface area (Å²) >= 11 is 0. The molecule has 0 heterocycles. The standard InChI is InChI=1S/C19H40N4O4/c1-5-21(15-10-20)11-7-12-22(6-2)16-17-23(13-8-18(24)26-3)14-9-19(25)27-4/h5-17,20H2,1-4H3. The molecule has 0 unspecified atom stereocenters. The third kappa shape index (κ3) is 13.6. The number of carbonyl (C=O) groups excluding carboxylic acids is 2. The summed E-state index contributed by atoms with van der Waals surface area (Å²) in [4.78, 5) is 29.8. The number of ether oxygens (including phenoxy) is 2. The van der Waals surface area contributed by atoms with E-state index in [2.05, 4.69) is 28.5 Å². The Hall–Kier alpha value is -1.22. The average molecular weight is 389 g/mol. The molecule has 0 aliphatic carbocycles. The molecule has 8 heteroatoms. The van der Waals surface area contributed by atoms with E-state index in [0.717, 1.165) is 52.2 Å². The van der Waals surface area contributed by atoms with Crippen molar-refractivity contribution in [3.05, 3.63) is 0 Å². The zero-order valence-electron chi connectivity index (χ0n) is 17.7. The monoisotopic (exact) mass is 388 g/mol. The number of methoxy groups -OCH3 is 2. The van der Waals surface area contributed by atoms with E-state index >= 15 is 0 Å². The highest BCUT2D eigenvalue weighted by Gasteiger charge is 2.13. The van der Waals surface area contributed by atoms with Gasteiger partial charge in [0.1, 0.15) is 0 Å². The van der Waals surface area contributed by atoms with Crippen molar-refractivity contribution >= 4 is 11.9 Å². The number of hydrogen-bond donors (Lipinski definition) is 1. The van der Waals surface area contributed by atoms with Crippen LogP contribution in [0.15, 0.2) is 0 Å². The Morgan fingerprint density at radius 1 is 0.704 bits per heavy atom. The van der Waals surface area contributed by atoms with Gasteiger partial charge in [-0.1, -0.05) is 13.8 Å². The first-order valence-corrected chi connectivity index (χ1v) is 10.0. The molecule has 0 saturated heterocycles. The molecule has 0 aromatic rings. The minimum Gasteiger partial charge on any atom is -0.469 e. The molecule has 160 valence electrons. The SMILES string of the molecule is CCN(CCN)CCCN(CC)CCN(CCC(=O)OC)CCC(=O)OC. The van der Waals surface area contributed by atoms with Crippen molar-refractivity contribution < 1.29 is 19.1 Å². The third-order valence-corrected chi connectivity index (χ3v) is 4.74. The van der Waals surface area contributed by atoms with Gasteiger partial charge in [0, 0.05) is 39.3 Å². The van der Waals surface area contributed by atoms with E-state index in [0.29, 0.717) is 32.5 Å². The van der Waals surface area contributed by atoms with Crippen LogP contribution in [0.5, 0.6) is 0 Å². The predicted molar refractivity (Wildman–Crippen MR) is 108 cm³/mol. The van der Waals surface area contributed by atoms with Crippen LogP contribution in [0.2, 0.25) is 0 Å². The van der Waals surface area contributed by atoms with Crippen molar-refractivity contribution in [1.82, 2.24) is 14.7 Å². The zero-order chi connectivity index (χ0) is 20.5. The first-order chi connectivity index (χ1) is 13.0. The molecule has 0 spiro atoms. The smallest absolute Gasteiger partial charge is 0.306 e. The molecule has 0 radical (unpaired) electrons. The van der Waals surface area contributed by atoms with Crippen molar-refractivity contribution in [3.8, 4) is 0 Å². The van der Waals surface area contributed by atoms with Gasteiger partial charge >= 0.3 is 11.9 Å². The number of nitrogens with two attached hydrogens (primary N) is 1. The Bertz CT molecular complexity index is 376. The largest absolute Gasteiger partial charge is 0.469 e. The molecule has 0 aliphatic heterocycles. The number of esters is 2. The van der Waals surface area contributed by atoms with Gasteiger partial charge in [-0.05, 0) is 32.6 Å². The summed E-state index contributed by atoms with van der Waals surface area (Å²) in [6.45, 7) is 12.9. The molecule has 27 heavy (non-hydrogen) atoms. The Morgan fingerprint density at radius 3 is 1.56 bits per heavy atom. The normalized spacial score (nSPS) is 11.4. The molecule has 0 aromatic carbocycles. The number of rotatable bonds is 17. The number of hydrogen-bond acceptors (Lipinski definition) is 8. The fraction of sp³-hybridized carbons (Fsp3) is 0.895. The molecule has 0 fully saturated rings. The maximum Gasteiger partial charge on any atom is 0.306 e. The summed E-state index contributed by atoms with van der Waals surface area (Å²) < 4.78 is 9.44. The van der Waals surface area contributed by atoms with Gasteiger partial charge in [0.15, 0.2) is 0 Å². The minimum atomic E-state index is -0.232. The van der Waals surface area contributed by atoms with Gasteiger partial charge in [-0.3, -0.25) is 9.59 Å². The first kappa shape index (κ1) is 25.8. The van der Waals surface area contributed by atoms with Crippen molar-refractivity contribution in [1.29, 1.82) is 0 Å². The van der Waals surface area contributed by atoms with Crippen LogP contribution in [0, 0.1) is 0 Å². The average Bonchev–Trinajstić information content (AvgIpc) is 2.69. The second-order valence-corrected chi connectivity index (χ2v) is 6.50. The fourth-order valence-corrected chi connectivity index (χ4v) is 2.88. The first-order valence-electron chi connectivity index (χ1n) is 10.0. The molecule has 0 amide bonds. The third-order valence-electron chi connectivity index (χ3n) is 4.74. The molecule has 0 aromatic heterocycles. The van der Waals surface area contributed by atoms with Crippen LogP contribution < -0.4 is 5.73 Å². The van der Waals surface area contributed by atoms with E-state index in [1.54, 1.807) is 0 Å². The Kier molecular flexibility index (Phi) is 16.2. The summed E-state index contributed by atoms with van der Waals surface area (Å²) in [5, 5.41) is 0. The highest BCUT2D eigenvalue weighted by Crippen LogP contribution is 2.01. The Labute approximate surface area is 164 Å². The summed E-state index contributed by atoms with van der Waals surface area (Å²) in [6, 6.07) is 0. The van der Waals surface area contributed by atoms with E-state index in [1.807, 2.05) is 0 Å². The van der Waals surface area contributed by atoms with E-state index in [4.69, 9.17) is 15.2 Å². The van der Waals surface area contributed by atoms with Gasteiger partial charge < -0.3 is 29.9 Å². The van der Waals surface area contributed by atoms with Crippen LogP contribution in [-0.4, -0.2) is 106 Å². The fourth-order valence-electron chi connectivity index (χ4n) is 2.88. The molecule has 0 bridgehead atoms. The molecule has 0 aliphatic rings. The van der Waals surface area contributed by atoms with Gasteiger partial charge in [-0.25, -0.2) is 0 Å². The lowest BCUT2D eigenvalue weighted by molar-refractivity contribution is -0.141. The van der Waals surface area contributed by atoms with Gasteiger partial charge in [0.05, 0.1) is 27.1 Å². The lowest BCUT2D eigenvalue weighted by atomic mass is 10.3. The minimum absolute atomic E-state index is 0.232. The number of nitrogens with zero attached hydrogens (tertiary/aromatic N) is 3. The van der Waals surface area contributed by atoms with Crippen LogP contribution in [0.1, 0.15) is 33.1 Å². The van der Waals surface area contributed by atoms with Crippen LogP contribution in [0.4, 0.5) is 0 Å². The van der Waals surface area contributed by atoms with Crippen LogP contribution >= 0.6 is 0 Å². The molecule has 0 saturated carbocycles. The van der Waals surface area contributed by atoms with Gasteiger partial charge in [0.2, 0.25) is 0 Å². The van der Waals surface area contributed by atoms with Gasteiger partial charge in [-0.15, -0.1) is 0 Å². The van der Waals surface area contributed by atoms with Gasteiger partial charge in [-0.2, -0.15) is 0 Å². The summed E-state index contributed by atoms with van der Waals surface area (Å²) in [6.07, 6.45) is 1.76. The second kappa shape index (κ2) is 16.9. The van der Waals surface area contributed by atoms with E-state index in [-0.39, 0.29) is 11.9 Å². The van der Waals surface area contributed by atoms with Crippen LogP contribution in [0.25, 0.3) is 0 Å². The van der Waals surface area contributed by atoms with Crippen LogP contribution in [-0.2, 0) is 19.1 Å². The maximum absolute atomic E-state index is 11.4. The Balaban J connectivity index is 4.37. The predicted octanol–water partition coefficient (Wildman–Crippen LogP) is 0.407. The molecule has 0 atom stereocenters. The molecular formula is C19H40N4O4. The topological polar surface area (TPSA) is 88.3 Å². The second-order valence-electron chi connectivity index (χ2n) is 6.50. The van der Waals surface area contributed by atoms with Crippen molar-refractivity contribution in [3.63, 3.8) is 0 Å². The van der Waals surface area contributed by atoms with E-state index < -0.39 is 0 Å². The number of carbonyl (C=O) groups is 2. The lowest BCUT2D eigenvalue weighted by Gasteiger charge is -2.27. The molecular weight excluding hydrogens is 348 g/mol.